The maximum absolute atomic E-state index is 5.87. The normalized spacial score (nSPS) is 12.0. The van der Waals surface area contributed by atoms with Crippen molar-refractivity contribution in [2.45, 2.75) is 19.6 Å². The van der Waals surface area contributed by atoms with Crippen LogP contribution in [0.3, 0.4) is 0 Å². The number of nitrogens with one attached hydrogen (secondary N) is 1. The van der Waals surface area contributed by atoms with Gasteiger partial charge in [-0.05, 0) is 72.0 Å². The van der Waals surface area contributed by atoms with Crippen LogP contribution in [0.15, 0.2) is 42.5 Å². The Bertz CT molecular complexity index is 584. The van der Waals surface area contributed by atoms with Crippen molar-refractivity contribution in [3.63, 3.8) is 0 Å². The predicted molar refractivity (Wildman–Crippen MR) is 94.0 cm³/mol. The Kier molecular flexibility index (Phi) is 5.87. The maximum Gasteiger partial charge on any atom is 0.161 e. The molecule has 0 aliphatic carbocycles. The van der Waals surface area contributed by atoms with Gasteiger partial charge in [0.1, 0.15) is 6.61 Å². The summed E-state index contributed by atoms with van der Waals surface area (Å²) in [6.07, 6.45) is 0. The van der Waals surface area contributed by atoms with Crippen molar-refractivity contribution in [2.75, 3.05) is 14.2 Å². The van der Waals surface area contributed by atoms with Crippen molar-refractivity contribution < 1.29 is 9.47 Å². The van der Waals surface area contributed by atoms with E-state index < -0.39 is 0 Å². The van der Waals surface area contributed by atoms with Crippen LogP contribution in [0.1, 0.15) is 24.1 Å². The second-order valence-corrected chi connectivity index (χ2v) is 6.08. The van der Waals surface area contributed by atoms with Gasteiger partial charge in [0.15, 0.2) is 11.5 Å². The van der Waals surface area contributed by atoms with Crippen LogP contribution in [0.25, 0.3) is 0 Å². The molecule has 0 saturated heterocycles. The number of ether oxygens (including phenoxy) is 2. The molecule has 1 atom stereocenters. The summed E-state index contributed by atoms with van der Waals surface area (Å²) in [7, 11) is 3.61. The van der Waals surface area contributed by atoms with Crippen molar-refractivity contribution in [1.82, 2.24) is 5.32 Å². The Labute approximate surface area is 139 Å². The zero-order valence-corrected chi connectivity index (χ0v) is 14.7. The molecule has 3 nitrogen and oxygen atoms in total. The summed E-state index contributed by atoms with van der Waals surface area (Å²) in [6.45, 7) is 2.65. The third kappa shape index (κ3) is 4.35. The van der Waals surface area contributed by atoms with Crippen molar-refractivity contribution >= 4 is 22.6 Å². The monoisotopic (exact) mass is 397 g/mol. The highest BCUT2D eigenvalue weighted by Gasteiger charge is 2.09. The Morgan fingerprint density at radius 3 is 2.43 bits per heavy atom. The van der Waals surface area contributed by atoms with Crippen molar-refractivity contribution in [3.05, 3.63) is 57.2 Å². The standard InChI is InChI=1S/C17H20INO2/c1-12(19-2)14-6-9-16(17(10-14)20-3)21-11-13-4-7-15(18)8-5-13/h4-10,12,19H,11H2,1-3H3. The largest absolute Gasteiger partial charge is 0.493 e. The minimum absolute atomic E-state index is 0.282. The first-order valence-corrected chi connectivity index (χ1v) is 7.94. The number of rotatable bonds is 6. The van der Waals surface area contributed by atoms with E-state index in [1.54, 1.807) is 7.11 Å². The minimum Gasteiger partial charge on any atom is -0.493 e. The number of benzene rings is 2. The van der Waals surface area contributed by atoms with Crippen molar-refractivity contribution in [1.29, 1.82) is 0 Å². The highest BCUT2D eigenvalue weighted by Crippen LogP contribution is 2.30. The molecule has 0 fully saturated rings. The zero-order chi connectivity index (χ0) is 15.2. The average molecular weight is 397 g/mol. The first kappa shape index (κ1) is 16.1. The molecule has 0 aliphatic rings. The Morgan fingerprint density at radius 2 is 1.81 bits per heavy atom. The predicted octanol–water partition coefficient (Wildman–Crippen LogP) is 4.16. The highest BCUT2D eigenvalue weighted by molar-refractivity contribution is 14.1. The third-order valence-electron chi connectivity index (χ3n) is 3.43. The molecule has 4 heteroatoms. The van der Waals surface area contributed by atoms with Gasteiger partial charge in [0.2, 0.25) is 0 Å². The molecule has 0 spiro atoms. The Hall–Kier alpha value is -1.27. The van der Waals surface area contributed by atoms with Gasteiger partial charge >= 0.3 is 0 Å². The maximum atomic E-state index is 5.87. The minimum atomic E-state index is 0.282. The number of methoxy groups -OCH3 is 1. The topological polar surface area (TPSA) is 30.5 Å². The smallest absolute Gasteiger partial charge is 0.161 e. The molecule has 112 valence electrons. The summed E-state index contributed by atoms with van der Waals surface area (Å²) < 4.78 is 12.5. The zero-order valence-electron chi connectivity index (χ0n) is 12.5. The molecule has 2 rings (SSSR count). The number of hydrogen-bond donors (Lipinski definition) is 1. The van der Waals surface area contributed by atoms with Crippen molar-refractivity contribution in [3.8, 4) is 11.5 Å². The highest BCUT2D eigenvalue weighted by atomic mass is 127. The molecule has 0 bridgehead atoms. The van der Waals surface area contributed by atoms with Gasteiger partial charge in [-0.3, -0.25) is 0 Å². The van der Waals surface area contributed by atoms with Gasteiger partial charge in [-0.1, -0.05) is 18.2 Å². The fourth-order valence-electron chi connectivity index (χ4n) is 1.98. The van der Waals surface area contributed by atoms with Crippen LogP contribution in [-0.4, -0.2) is 14.2 Å². The van der Waals surface area contributed by atoms with E-state index in [0.717, 1.165) is 17.1 Å². The first-order chi connectivity index (χ1) is 10.1. The summed E-state index contributed by atoms with van der Waals surface area (Å²) in [6, 6.07) is 14.6. The van der Waals surface area contributed by atoms with Crippen molar-refractivity contribution in [2.24, 2.45) is 0 Å². The summed E-state index contributed by atoms with van der Waals surface area (Å²) >= 11 is 2.29. The molecule has 21 heavy (non-hydrogen) atoms. The molecular weight excluding hydrogens is 377 g/mol. The molecule has 0 aromatic heterocycles. The third-order valence-corrected chi connectivity index (χ3v) is 4.15. The molecule has 0 radical (unpaired) electrons. The van der Waals surface area contributed by atoms with E-state index in [2.05, 4.69) is 65.2 Å². The SMILES string of the molecule is CNC(C)c1ccc(OCc2ccc(I)cc2)c(OC)c1. The van der Waals surface area contributed by atoms with Gasteiger partial charge in [0.25, 0.3) is 0 Å². The van der Waals surface area contributed by atoms with Crippen LogP contribution in [0.5, 0.6) is 11.5 Å². The molecule has 0 saturated carbocycles. The number of hydrogen-bond acceptors (Lipinski definition) is 3. The van der Waals surface area contributed by atoms with Crippen LogP contribution in [0.2, 0.25) is 0 Å². The van der Waals surface area contributed by atoms with Crippen LogP contribution in [0.4, 0.5) is 0 Å². The Balaban J connectivity index is 2.10. The van der Waals surface area contributed by atoms with Crippen LogP contribution >= 0.6 is 22.6 Å². The van der Waals surface area contributed by atoms with E-state index in [9.17, 15) is 0 Å². The molecule has 0 heterocycles. The number of halogens is 1. The summed E-state index contributed by atoms with van der Waals surface area (Å²) in [4.78, 5) is 0. The van der Waals surface area contributed by atoms with E-state index in [1.165, 1.54) is 9.13 Å². The summed E-state index contributed by atoms with van der Waals surface area (Å²) in [5.41, 5.74) is 2.32. The van der Waals surface area contributed by atoms with Gasteiger partial charge in [-0.15, -0.1) is 0 Å². The average Bonchev–Trinajstić information content (AvgIpc) is 2.53. The lowest BCUT2D eigenvalue weighted by Crippen LogP contribution is -2.12. The van der Waals surface area contributed by atoms with Crippen LogP contribution in [-0.2, 0) is 6.61 Å². The van der Waals surface area contributed by atoms with E-state index >= 15 is 0 Å². The lowest BCUT2D eigenvalue weighted by atomic mass is 10.1. The van der Waals surface area contributed by atoms with Crippen LogP contribution < -0.4 is 14.8 Å². The lowest BCUT2D eigenvalue weighted by Gasteiger charge is -2.15. The van der Waals surface area contributed by atoms with E-state index in [1.807, 2.05) is 19.2 Å². The summed E-state index contributed by atoms with van der Waals surface area (Å²) in [5.74, 6) is 1.53. The molecule has 1 N–H and O–H groups in total. The van der Waals surface area contributed by atoms with Gasteiger partial charge < -0.3 is 14.8 Å². The summed E-state index contributed by atoms with van der Waals surface area (Å²) in [5, 5.41) is 3.22. The second kappa shape index (κ2) is 7.66. The molecule has 2 aromatic carbocycles. The molecule has 1 unspecified atom stereocenters. The van der Waals surface area contributed by atoms with E-state index in [4.69, 9.17) is 9.47 Å². The molecule has 0 aliphatic heterocycles. The van der Waals surface area contributed by atoms with Crippen LogP contribution in [0, 0.1) is 3.57 Å². The second-order valence-electron chi connectivity index (χ2n) is 4.84. The Morgan fingerprint density at radius 1 is 1.10 bits per heavy atom. The van der Waals surface area contributed by atoms with Gasteiger partial charge in [0, 0.05) is 9.61 Å². The quantitative estimate of drug-likeness (QED) is 0.743. The van der Waals surface area contributed by atoms with Gasteiger partial charge in [-0.2, -0.15) is 0 Å². The van der Waals surface area contributed by atoms with E-state index in [0.29, 0.717) is 6.61 Å². The van der Waals surface area contributed by atoms with Gasteiger partial charge in [0.05, 0.1) is 7.11 Å². The van der Waals surface area contributed by atoms with E-state index in [-0.39, 0.29) is 6.04 Å². The fourth-order valence-corrected chi connectivity index (χ4v) is 2.34. The van der Waals surface area contributed by atoms with Gasteiger partial charge in [-0.25, -0.2) is 0 Å². The molecule has 0 amide bonds. The fraction of sp³-hybridized carbons (Fsp3) is 0.294. The first-order valence-electron chi connectivity index (χ1n) is 6.86. The molecule has 2 aromatic rings. The molecular formula is C17H20INO2. The lowest BCUT2D eigenvalue weighted by molar-refractivity contribution is 0.284.